The van der Waals surface area contributed by atoms with Gasteiger partial charge in [0.05, 0.1) is 10.2 Å². The van der Waals surface area contributed by atoms with Crippen LogP contribution in [0.1, 0.15) is 36.3 Å². The number of nitrogens with one attached hydrogen (secondary N) is 1. The van der Waals surface area contributed by atoms with E-state index < -0.39 is 0 Å². The summed E-state index contributed by atoms with van der Waals surface area (Å²) in [5.74, 6) is 1.65. The van der Waals surface area contributed by atoms with Crippen LogP contribution >= 0.6 is 22.9 Å². The van der Waals surface area contributed by atoms with Crippen LogP contribution in [0.15, 0.2) is 35.7 Å². The van der Waals surface area contributed by atoms with Crippen molar-refractivity contribution < 1.29 is 4.79 Å². The number of hydrogen-bond donors (Lipinski definition) is 1. The Kier molecular flexibility index (Phi) is 4.92. The summed E-state index contributed by atoms with van der Waals surface area (Å²) in [5.41, 5.74) is 3.36. The maximum atomic E-state index is 12.7. The molecule has 29 heavy (non-hydrogen) atoms. The number of thiophene rings is 1. The van der Waals surface area contributed by atoms with Crippen LogP contribution in [-0.2, 0) is 4.79 Å². The van der Waals surface area contributed by atoms with Gasteiger partial charge < -0.3 is 10.2 Å². The summed E-state index contributed by atoms with van der Waals surface area (Å²) in [6.07, 6.45) is 2.80. The lowest BCUT2D eigenvalue weighted by Gasteiger charge is -2.33. The van der Waals surface area contributed by atoms with Gasteiger partial charge in [-0.25, -0.2) is 4.98 Å². The first-order valence-corrected chi connectivity index (χ1v) is 11.4. The van der Waals surface area contributed by atoms with Crippen LogP contribution in [0.3, 0.4) is 0 Å². The summed E-state index contributed by atoms with van der Waals surface area (Å²) in [6.45, 7) is 3.77. The van der Waals surface area contributed by atoms with Crippen molar-refractivity contribution in [3.05, 3.63) is 52.1 Å². The van der Waals surface area contributed by atoms with Crippen LogP contribution in [0, 0.1) is 12.8 Å². The molecule has 2 aliphatic rings. The molecule has 1 aliphatic heterocycles. The van der Waals surface area contributed by atoms with E-state index in [0.29, 0.717) is 11.2 Å². The number of piperidine rings is 1. The van der Waals surface area contributed by atoms with Gasteiger partial charge in [0.1, 0.15) is 0 Å². The Morgan fingerprint density at radius 2 is 1.97 bits per heavy atom. The summed E-state index contributed by atoms with van der Waals surface area (Å²) in [6, 6.07) is 10.6. The molecule has 0 spiro atoms. The van der Waals surface area contributed by atoms with E-state index in [1.807, 2.05) is 25.1 Å². The predicted octanol–water partition coefficient (Wildman–Crippen LogP) is 4.54. The maximum Gasteiger partial charge on any atom is 0.224 e. The quantitative estimate of drug-likeness (QED) is 0.622. The van der Waals surface area contributed by atoms with Crippen LogP contribution in [0.4, 0.5) is 5.82 Å². The second-order valence-electron chi connectivity index (χ2n) is 8.04. The van der Waals surface area contributed by atoms with E-state index >= 15 is 0 Å². The van der Waals surface area contributed by atoms with Gasteiger partial charge in [0.25, 0.3) is 0 Å². The van der Waals surface area contributed by atoms with Gasteiger partial charge in [-0.05, 0) is 60.2 Å². The Bertz CT molecular complexity index is 1050. The summed E-state index contributed by atoms with van der Waals surface area (Å²) in [7, 11) is 0. The molecule has 150 valence electrons. The van der Waals surface area contributed by atoms with E-state index in [1.54, 1.807) is 11.3 Å². The molecule has 1 aliphatic carbocycles. The third-order valence-electron chi connectivity index (χ3n) is 6.04. The molecule has 0 bridgehead atoms. The number of aromatic nitrogens is 2. The number of halogens is 1. The molecule has 1 aromatic carbocycles. The number of aryl methyl sites for hydroxylation is 1. The first-order chi connectivity index (χ1) is 14.1. The SMILES string of the molecule is Cc1csc2c(N3CCC(NC(=O)C4CC4c4ccccc4)CC3)nc(Cl)nc12. The Labute approximate surface area is 179 Å². The summed E-state index contributed by atoms with van der Waals surface area (Å²) in [4.78, 5) is 23.8. The molecule has 1 saturated carbocycles. The largest absolute Gasteiger partial charge is 0.355 e. The Morgan fingerprint density at radius 3 is 2.72 bits per heavy atom. The number of carbonyl (C=O) groups is 1. The molecule has 1 N–H and O–H groups in total. The third-order valence-corrected chi connectivity index (χ3v) is 7.30. The van der Waals surface area contributed by atoms with Crippen LogP contribution in [0.5, 0.6) is 0 Å². The number of benzene rings is 1. The zero-order valence-electron chi connectivity index (χ0n) is 16.3. The number of carbonyl (C=O) groups excluding carboxylic acids is 1. The van der Waals surface area contributed by atoms with E-state index in [2.05, 4.69) is 37.7 Å². The monoisotopic (exact) mass is 426 g/mol. The third kappa shape index (κ3) is 3.71. The smallest absolute Gasteiger partial charge is 0.224 e. The predicted molar refractivity (Wildman–Crippen MR) is 118 cm³/mol. The van der Waals surface area contributed by atoms with E-state index in [-0.39, 0.29) is 17.9 Å². The first-order valence-electron chi connectivity index (χ1n) is 10.1. The summed E-state index contributed by atoms with van der Waals surface area (Å²) < 4.78 is 1.10. The van der Waals surface area contributed by atoms with E-state index in [0.717, 1.165) is 53.9 Å². The van der Waals surface area contributed by atoms with Crippen LogP contribution in [0.25, 0.3) is 10.2 Å². The van der Waals surface area contributed by atoms with E-state index in [4.69, 9.17) is 11.6 Å². The van der Waals surface area contributed by atoms with Crippen molar-refractivity contribution >= 4 is 44.9 Å². The fraction of sp³-hybridized carbons (Fsp3) is 0.409. The van der Waals surface area contributed by atoms with Crippen molar-refractivity contribution in [1.82, 2.24) is 15.3 Å². The van der Waals surface area contributed by atoms with Gasteiger partial charge in [-0.1, -0.05) is 30.3 Å². The Morgan fingerprint density at radius 1 is 1.21 bits per heavy atom. The van der Waals surface area contributed by atoms with Crippen molar-refractivity contribution in [1.29, 1.82) is 0 Å². The summed E-state index contributed by atoms with van der Waals surface area (Å²) in [5, 5.41) is 5.68. The topological polar surface area (TPSA) is 58.1 Å². The number of amides is 1. The number of rotatable bonds is 4. The second kappa shape index (κ2) is 7.58. The molecule has 0 radical (unpaired) electrons. The number of anilines is 1. The number of fused-ring (bicyclic) bond motifs is 1. The van der Waals surface area contributed by atoms with Crippen molar-refractivity contribution in [3.63, 3.8) is 0 Å². The molecule has 3 aromatic rings. The van der Waals surface area contributed by atoms with Gasteiger partial charge in [-0.3, -0.25) is 4.79 Å². The fourth-order valence-electron chi connectivity index (χ4n) is 4.30. The Balaban J connectivity index is 1.20. The lowest BCUT2D eigenvalue weighted by Crippen LogP contribution is -2.45. The van der Waals surface area contributed by atoms with Crippen LogP contribution in [-0.4, -0.2) is 35.0 Å². The fourth-order valence-corrected chi connectivity index (χ4v) is 5.47. The minimum absolute atomic E-state index is 0.129. The lowest BCUT2D eigenvalue weighted by molar-refractivity contribution is -0.123. The average Bonchev–Trinajstić information content (AvgIpc) is 3.47. The molecule has 7 heteroatoms. The van der Waals surface area contributed by atoms with Crippen molar-refractivity contribution in [2.24, 2.45) is 5.92 Å². The second-order valence-corrected chi connectivity index (χ2v) is 9.26. The molecular formula is C22H23ClN4OS. The highest BCUT2D eigenvalue weighted by Crippen LogP contribution is 2.47. The van der Waals surface area contributed by atoms with E-state index in [9.17, 15) is 4.79 Å². The molecule has 3 heterocycles. The normalized spacial score (nSPS) is 22.1. The van der Waals surface area contributed by atoms with Crippen LogP contribution < -0.4 is 10.2 Å². The van der Waals surface area contributed by atoms with E-state index in [1.165, 1.54) is 5.56 Å². The minimum Gasteiger partial charge on any atom is -0.355 e. The maximum absolute atomic E-state index is 12.7. The average molecular weight is 427 g/mol. The highest BCUT2D eigenvalue weighted by molar-refractivity contribution is 7.18. The molecular weight excluding hydrogens is 404 g/mol. The molecule has 2 unspecified atom stereocenters. The molecule has 1 amide bonds. The van der Waals surface area contributed by atoms with Gasteiger partial charge in [0.2, 0.25) is 11.2 Å². The minimum atomic E-state index is 0.129. The van der Waals surface area contributed by atoms with Crippen molar-refractivity contribution in [2.75, 3.05) is 18.0 Å². The van der Waals surface area contributed by atoms with Gasteiger partial charge >= 0.3 is 0 Å². The van der Waals surface area contributed by atoms with Gasteiger partial charge in [-0.2, -0.15) is 4.98 Å². The van der Waals surface area contributed by atoms with Gasteiger partial charge in [-0.15, -0.1) is 11.3 Å². The highest BCUT2D eigenvalue weighted by Gasteiger charge is 2.44. The Hall–Kier alpha value is -2.18. The molecule has 2 atom stereocenters. The first kappa shape index (κ1) is 18.8. The zero-order valence-corrected chi connectivity index (χ0v) is 17.8. The molecule has 2 fully saturated rings. The number of nitrogens with zero attached hydrogens (tertiary/aromatic N) is 3. The van der Waals surface area contributed by atoms with Crippen molar-refractivity contribution in [3.8, 4) is 0 Å². The molecule has 5 rings (SSSR count). The van der Waals surface area contributed by atoms with Crippen molar-refractivity contribution in [2.45, 2.75) is 38.1 Å². The van der Waals surface area contributed by atoms with Gasteiger partial charge in [0, 0.05) is 25.0 Å². The lowest BCUT2D eigenvalue weighted by atomic mass is 10.0. The summed E-state index contributed by atoms with van der Waals surface area (Å²) >= 11 is 7.84. The van der Waals surface area contributed by atoms with Gasteiger partial charge in [0.15, 0.2) is 5.82 Å². The molecule has 5 nitrogen and oxygen atoms in total. The van der Waals surface area contributed by atoms with Crippen LogP contribution in [0.2, 0.25) is 5.28 Å². The standard InChI is InChI=1S/C22H23ClN4OS/c1-13-12-29-19-18(13)25-22(23)26-20(19)27-9-7-15(8-10-27)24-21(28)17-11-16(17)14-5-3-2-4-6-14/h2-6,12,15-17H,7-11H2,1H3,(H,24,28). The zero-order chi connectivity index (χ0) is 20.0. The molecule has 2 aromatic heterocycles. The highest BCUT2D eigenvalue weighted by atomic mass is 35.5. The molecule has 1 saturated heterocycles. The number of hydrogen-bond acceptors (Lipinski definition) is 5.